The third-order valence-electron chi connectivity index (χ3n) is 5.37. The van der Waals surface area contributed by atoms with E-state index in [0.717, 1.165) is 0 Å². The number of nitrogens with zero attached hydrogens (tertiary/aromatic N) is 3. The second-order valence-electron chi connectivity index (χ2n) is 7.35. The molecule has 1 aromatic heterocycles. The first-order valence-corrected chi connectivity index (χ1v) is 10.0. The maximum absolute atomic E-state index is 15.5. The van der Waals surface area contributed by atoms with Gasteiger partial charge in [0.1, 0.15) is 5.69 Å². The summed E-state index contributed by atoms with van der Waals surface area (Å²) in [6.45, 7) is 1.69. The topological polar surface area (TPSA) is 78.5 Å². The second-order valence-corrected chi connectivity index (χ2v) is 7.75. The maximum Gasteiger partial charge on any atom is 0.272 e. The molecule has 9 heteroatoms. The summed E-state index contributed by atoms with van der Waals surface area (Å²) in [5.74, 6) is -0.938. The Hall–Kier alpha value is -2.45. The molecule has 3 heterocycles. The van der Waals surface area contributed by atoms with Crippen LogP contribution in [0.15, 0.2) is 30.3 Å². The number of H-pyrrole nitrogens is 1. The van der Waals surface area contributed by atoms with Crippen LogP contribution in [-0.2, 0) is 9.53 Å². The van der Waals surface area contributed by atoms with Crippen molar-refractivity contribution in [2.45, 2.75) is 18.5 Å². The molecule has 4 rings (SSSR count). The molecule has 0 bridgehead atoms. The zero-order chi connectivity index (χ0) is 20.4. The number of halogens is 2. The molecule has 0 saturated carbocycles. The van der Waals surface area contributed by atoms with Gasteiger partial charge in [-0.3, -0.25) is 14.7 Å². The van der Waals surface area contributed by atoms with E-state index in [0.29, 0.717) is 55.5 Å². The largest absolute Gasteiger partial charge is 0.378 e. The van der Waals surface area contributed by atoms with Crippen molar-refractivity contribution in [2.24, 2.45) is 0 Å². The standard InChI is InChI=1S/C20H22ClFN4O3/c21-15-5-2-1-4-14(15)16-12-17(24-23-16)18(27)26-7-3-6-20(22,13-26)19(28)25-8-10-29-11-9-25/h1-2,4-5,12H,3,6-11,13H2,(H,23,24). The highest BCUT2D eigenvalue weighted by molar-refractivity contribution is 6.33. The molecule has 1 atom stereocenters. The SMILES string of the molecule is O=C(c1cc(-c2ccccc2Cl)n[nH]1)N1CCCC(F)(C(=O)N2CCOCC2)C1. The number of benzene rings is 1. The summed E-state index contributed by atoms with van der Waals surface area (Å²) in [7, 11) is 0. The highest BCUT2D eigenvalue weighted by atomic mass is 35.5. The number of carbonyl (C=O) groups excluding carboxylic acids is 2. The minimum Gasteiger partial charge on any atom is -0.378 e. The minimum absolute atomic E-state index is 0.112. The van der Waals surface area contributed by atoms with Crippen LogP contribution < -0.4 is 0 Å². The molecule has 1 aromatic carbocycles. The lowest BCUT2D eigenvalue weighted by molar-refractivity contribution is -0.151. The van der Waals surface area contributed by atoms with Gasteiger partial charge in [-0.1, -0.05) is 29.8 Å². The smallest absolute Gasteiger partial charge is 0.272 e. The van der Waals surface area contributed by atoms with Gasteiger partial charge >= 0.3 is 0 Å². The van der Waals surface area contributed by atoms with Crippen molar-refractivity contribution < 1.29 is 18.7 Å². The van der Waals surface area contributed by atoms with Crippen LogP contribution >= 0.6 is 11.6 Å². The van der Waals surface area contributed by atoms with Crippen molar-refractivity contribution >= 4 is 23.4 Å². The number of nitrogens with one attached hydrogen (secondary N) is 1. The van der Waals surface area contributed by atoms with Crippen molar-refractivity contribution in [1.29, 1.82) is 0 Å². The molecule has 7 nitrogen and oxygen atoms in total. The molecule has 2 aromatic rings. The van der Waals surface area contributed by atoms with Crippen LogP contribution in [0.5, 0.6) is 0 Å². The number of amides is 2. The summed E-state index contributed by atoms with van der Waals surface area (Å²) in [4.78, 5) is 28.5. The predicted molar refractivity (Wildman–Crippen MR) is 105 cm³/mol. The Balaban J connectivity index is 1.49. The van der Waals surface area contributed by atoms with E-state index in [1.54, 1.807) is 18.2 Å². The molecule has 2 aliphatic rings. The van der Waals surface area contributed by atoms with Crippen LogP contribution in [0.2, 0.25) is 5.02 Å². The van der Waals surface area contributed by atoms with Gasteiger partial charge in [-0.25, -0.2) is 4.39 Å². The van der Waals surface area contributed by atoms with E-state index in [4.69, 9.17) is 16.3 Å². The van der Waals surface area contributed by atoms with Gasteiger partial charge < -0.3 is 14.5 Å². The first kappa shape index (κ1) is 19.8. The zero-order valence-electron chi connectivity index (χ0n) is 15.9. The van der Waals surface area contributed by atoms with Crippen LogP contribution in [0.3, 0.4) is 0 Å². The van der Waals surface area contributed by atoms with E-state index in [1.807, 2.05) is 12.1 Å². The molecule has 154 valence electrons. The second kappa shape index (κ2) is 8.12. The van der Waals surface area contributed by atoms with Gasteiger partial charge in [0.15, 0.2) is 0 Å². The maximum atomic E-state index is 15.5. The van der Waals surface area contributed by atoms with Gasteiger partial charge in [0.05, 0.1) is 30.5 Å². The molecule has 2 saturated heterocycles. The van der Waals surface area contributed by atoms with E-state index in [9.17, 15) is 9.59 Å². The number of aromatic nitrogens is 2. The summed E-state index contributed by atoms with van der Waals surface area (Å²) >= 11 is 6.19. The fraction of sp³-hybridized carbons (Fsp3) is 0.450. The Bertz CT molecular complexity index is 915. The Labute approximate surface area is 172 Å². The van der Waals surface area contributed by atoms with Crippen LogP contribution in [0, 0.1) is 0 Å². The lowest BCUT2D eigenvalue weighted by Crippen LogP contribution is -2.58. The molecule has 29 heavy (non-hydrogen) atoms. The predicted octanol–water partition coefficient (Wildman–Crippen LogP) is 2.53. The average molecular weight is 421 g/mol. The van der Waals surface area contributed by atoms with Crippen LogP contribution in [0.4, 0.5) is 4.39 Å². The minimum atomic E-state index is -2.07. The van der Waals surface area contributed by atoms with Gasteiger partial charge in [-0.15, -0.1) is 0 Å². The van der Waals surface area contributed by atoms with E-state index in [-0.39, 0.29) is 24.6 Å². The summed E-state index contributed by atoms with van der Waals surface area (Å²) in [6.07, 6.45) is 0.532. The van der Waals surface area contributed by atoms with Gasteiger partial charge in [0, 0.05) is 25.2 Å². The number of ether oxygens (including phenoxy) is 1. The fourth-order valence-corrected chi connectivity index (χ4v) is 4.05. The molecular formula is C20H22ClFN4O3. The number of likely N-dealkylation sites (tertiary alicyclic amines) is 1. The highest BCUT2D eigenvalue weighted by Gasteiger charge is 2.46. The van der Waals surface area contributed by atoms with Crippen molar-refractivity contribution in [3.05, 3.63) is 41.0 Å². The quantitative estimate of drug-likeness (QED) is 0.827. The lowest BCUT2D eigenvalue weighted by atomic mass is 9.92. The van der Waals surface area contributed by atoms with Crippen molar-refractivity contribution in [3.63, 3.8) is 0 Å². The first-order valence-electron chi connectivity index (χ1n) is 9.63. The number of hydrogen-bond donors (Lipinski definition) is 1. The molecule has 0 aliphatic carbocycles. The number of aromatic amines is 1. The number of alkyl halides is 1. The zero-order valence-corrected chi connectivity index (χ0v) is 16.6. The first-order chi connectivity index (χ1) is 14.0. The Kier molecular flexibility index (Phi) is 5.56. The normalized spacial score (nSPS) is 22.6. The summed E-state index contributed by atoms with van der Waals surface area (Å²) < 4.78 is 20.8. The van der Waals surface area contributed by atoms with Gasteiger partial charge in [0.2, 0.25) is 5.67 Å². The van der Waals surface area contributed by atoms with Gasteiger partial charge in [0.25, 0.3) is 11.8 Å². The third-order valence-corrected chi connectivity index (χ3v) is 5.70. The van der Waals surface area contributed by atoms with E-state index in [2.05, 4.69) is 10.2 Å². The Morgan fingerprint density at radius 2 is 1.93 bits per heavy atom. The third kappa shape index (κ3) is 4.00. The Morgan fingerprint density at radius 3 is 2.69 bits per heavy atom. The summed E-state index contributed by atoms with van der Waals surface area (Å²) in [6, 6.07) is 8.79. The van der Waals surface area contributed by atoms with Crippen molar-refractivity contribution in [1.82, 2.24) is 20.0 Å². The van der Waals surface area contributed by atoms with Crippen LogP contribution in [-0.4, -0.2) is 76.9 Å². The monoisotopic (exact) mass is 420 g/mol. The average Bonchev–Trinajstić information content (AvgIpc) is 3.23. The molecule has 1 N–H and O–H groups in total. The number of piperidine rings is 1. The van der Waals surface area contributed by atoms with Crippen molar-refractivity contribution in [3.8, 4) is 11.3 Å². The summed E-state index contributed by atoms with van der Waals surface area (Å²) in [5, 5.41) is 7.41. The van der Waals surface area contributed by atoms with Gasteiger partial charge in [-0.2, -0.15) is 5.10 Å². The molecule has 0 spiro atoms. The molecule has 2 fully saturated rings. The lowest BCUT2D eigenvalue weighted by Gasteiger charge is -2.39. The van der Waals surface area contributed by atoms with E-state index in [1.165, 1.54) is 9.80 Å². The highest BCUT2D eigenvalue weighted by Crippen LogP contribution is 2.30. The number of rotatable bonds is 3. The van der Waals surface area contributed by atoms with Crippen LogP contribution in [0.1, 0.15) is 23.3 Å². The molecule has 2 aliphatic heterocycles. The number of carbonyl (C=O) groups is 2. The summed E-state index contributed by atoms with van der Waals surface area (Å²) in [5.41, 5.74) is -0.600. The number of morpholine rings is 1. The van der Waals surface area contributed by atoms with Gasteiger partial charge in [-0.05, 0) is 25.0 Å². The molecule has 1 unspecified atom stereocenters. The number of hydrogen-bond acceptors (Lipinski definition) is 4. The van der Waals surface area contributed by atoms with E-state index >= 15 is 4.39 Å². The fourth-order valence-electron chi connectivity index (χ4n) is 3.82. The van der Waals surface area contributed by atoms with E-state index < -0.39 is 11.6 Å². The molecular weight excluding hydrogens is 399 g/mol. The Morgan fingerprint density at radius 1 is 1.17 bits per heavy atom. The van der Waals surface area contributed by atoms with Crippen LogP contribution in [0.25, 0.3) is 11.3 Å². The molecule has 0 radical (unpaired) electrons. The molecule has 2 amide bonds. The van der Waals surface area contributed by atoms with Crippen molar-refractivity contribution in [2.75, 3.05) is 39.4 Å².